The highest BCUT2D eigenvalue weighted by molar-refractivity contribution is 5.88. The van der Waals surface area contributed by atoms with Gasteiger partial charge in [-0.1, -0.05) is 36.4 Å². The summed E-state index contributed by atoms with van der Waals surface area (Å²) >= 11 is 0. The molecule has 0 saturated heterocycles. The first kappa shape index (κ1) is 13.7. The first-order valence-corrected chi connectivity index (χ1v) is 7.11. The number of fused-ring (bicyclic) bond motifs is 1. The fourth-order valence-electron chi connectivity index (χ4n) is 2.47. The van der Waals surface area contributed by atoms with Crippen LogP contribution in [0.1, 0.15) is 17.1 Å². The Balaban J connectivity index is 1.80. The van der Waals surface area contributed by atoms with Crippen LogP contribution in [-0.2, 0) is 13.2 Å². The molecule has 108 valence electrons. The maximum Gasteiger partial charge on any atom is 0.127 e. The summed E-state index contributed by atoms with van der Waals surface area (Å²) in [5.74, 6) is 2.76. The fourth-order valence-corrected chi connectivity index (χ4v) is 2.47. The number of hydrogen-bond acceptors (Lipinski definition) is 3. The zero-order valence-corrected chi connectivity index (χ0v) is 12.3. The standard InChI is InChI=1S/C18H19NO2/c1-13-15(10-16(21-13)11-19-2)12-20-18-9-5-7-14-6-3-4-8-17(14)18/h3-10,19H,11-12H2,1-2H3. The van der Waals surface area contributed by atoms with Crippen molar-refractivity contribution in [2.24, 2.45) is 0 Å². The van der Waals surface area contributed by atoms with E-state index in [0.717, 1.165) is 34.8 Å². The van der Waals surface area contributed by atoms with Crippen LogP contribution < -0.4 is 10.1 Å². The van der Waals surface area contributed by atoms with Crippen molar-refractivity contribution >= 4 is 10.8 Å². The molecule has 1 heterocycles. The molecule has 0 aliphatic heterocycles. The molecule has 1 N–H and O–H groups in total. The Morgan fingerprint density at radius 3 is 2.76 bits per heavy atom. The fraction of sp³-hybridized carbons (Fsp3) is 0.222. The third-order valence-electron chi connectivity index (χ3n) is 3.56. The lowest BCUT2D eigenvalue weighted by molar-refractivity contribution is 0.306. The first-order valence-electron chi connectivity index (χ1n) is 7.11. The van der Waals surface area contributed by atoms with Crippen LogP contribution in [0.3, 0.4) is 0 Å². The summed E-state index contributed by atoms with van der Waals surface area (Å²) < 4.78 is 11.7. The number of benzene rings is 2. The van der Waals surface area contributed by atoms with E-state index < -0.39 is 0 Å². The van der Waals surface area contributed by atoms with Gasteiger partial charge >= 0.3 is 0 Å². The molecule has 0 fully saturated rings. The Morgan fingerprint density at radius 1 is 1.10 bits per heavy atom. The van der Waals surface area contributed by atoms with Gasteiger partial charge in [-0.15, -0.1) is 0 Å². The van der Waals surface area contributed by atoms with Crippen LogP contribution in [0.5, 0.6) is 5.75 Å². The van der Waals surface area contributed by atoms with Crippen molar-refractivity contribution in [3.05, 3.63) is 65.6 Å². The van der Waals surface area contributed by atoms with E-state index in [4.69, 9.17) is 9.15 Å². The maximum atomic E-state index is 6.00. The van der Waals surface area contributed by atoms with E-state index in [9.17, 15) is 0 Å². The van der Waals surface area contributed by atoms with E-state index >= 15 is 0 Å². The minimum Gasteiger partial charge on any atom is -0.488 e. The number of furan rings is 1. The van der Waals surface area contributed by atoms with Crippen molar-refractivity contribution in [1.82, 2.24) is 5.32 Å². The van der Waals surface area contributed by atoms with E-state index in [2.05, 4.69) is 29.6 Å². The van der Waals surface area contributed by atoms with Crippen LogP contribution in [0.25, 0.3) is 10.8 Å². The van der Waals surface area contributed by atoms with E-state index in [1.54, 1.807) is 0 Å². The Hall–Kier alpha value is -2.26. The summed E-state index contributed by atoms with van der Waals surface area (Å²) in [6, 6.07) is 16.4. The summed E-state index contributed by atoms with van der Waals surface area (Å²) in [6.45, 7) is 3.23. The molecule has 3 aromatic rings. The summed E-state index contributed by atoms with van der Waals surface area (Å²) in [5.41, 5.74) is 1.09. The number of aryl methyl sites for hydroxylation is 1. The summed E-state index contributed by atoms with van der Waals surface area (Å²) in [7, 11) is 1.91. The molecule has 2 aromatic carbocycles. The summed E-state index contributed by atoms with van der Waals surface area (Å²) in [6.07, 6.45) is 0. The SMILES string of the molecule is CNCc1cc(COc2cccc3ccccc23)c(C)o1. The Kier molecular flexibility index (Phi) is 3.93. The van der Waals surface area contributed by atoms with Gasteiger partial charge in [0.15, 0.2) is 0 Å². The molecule has 0 saturated carbocycles. The molecule has 1 aromatic heterocycles. The summed E-state index contributed by atoms with van der Waals surface area (Å²) in [5, 5.41) is 5.41. The van der Waals surface area contributed by atoms with Gasteiger partial charge in [-0.25, -0.2) is 0 Å². The molecule has 3 heteroatoms. The predicted octanol–water partition coefficient (Wildman–Crippen LogP) is 4.04. The predicted molar refractivity (Wildman–Crippen MR) is 84.5 cm³/mol. The topological polar surface area (TPSA) is 34.4 Å². The zero-order valence-electron chi connectivity index (χ0n) is 12.3. The molecular weight excluding hydrogens is 262 g/mol. The highest BCUT2D eigenvalue weighted by Gasteiger charge is 2.08. The lowest BCUT2D eigenvalue weighted by atomic mass is 10.1. The van der Waals surface area contributed by atoms with Crippen LogP contribution in [0.4, 0.5) is 0 Å². The second-order valence-electron chi connectivity index (χ2n) is 5.09. The molecule has 0 aliphatic rings. The van der Waals surface area contributed by atoms with E-state index in [1.807, 2.05) is 38.2 Å². The third kappa shape index (κ3) is 2.93. The number of hydrogen-bond donors (Lipinski definition) is 1. The third-order valence-corrected chi connectivity index (χ3v) is 3.56. The monoisotopic (exact) mass is 281 g/mol. The van der Waals surface area contributed by atoms with E-state index in [-0.39, 0.29) is 0 Å². The van der Waals surface area contributed by atoms with Gasteiger partial charge in [-0.3, -0.25) is 0 Å². The highest BCUT2D eigenvalue weighted by Crippen LogP contribution is 2.26. The van der Waals surface area contributed by atoms with Crippen molar-refractivity contribution in [1.29, 1.82) is 0 Å². The zero-order chi connectivity index (χ0) is 14.7. The minimum atomic E-state index is 0.521. The Bertz CT molecular complexity index is 741. The molecule has 0 radical (unpaired) electrons. The van der Waals surface area contributed by atoms with Crippen LogP contribution in [0.15, 0.2) is 52.9 Å². The average Bonchev–Trinajstić information content (AvgIpc) is 2.85. The van der Waals surface area contributed by atoms with Gasteiger partial charge in [0, 0.05) is 10.9 Å². The molecule has 0 bridgehead atoms. The minimum absolute atomic E-state index is 0.521. The van der Waals surface area contributed by atoms with Gasteiger partial charge in [0.05, 0.1) is 6.54 Å². The largest absolute Gasteiger partial charge is 0.488 e. The van der Waals surface area contributed by atoms with E-state index in [0.29, 0.717) is 6.61 Å². The molecule has 0 amide bonds. The quantitative estimate of drug-likeness (QED) is 0.766. The maximum absolute atomic E-state index is 6.00. The van der Waals surface area contributed by atoms with Crippen molar-refractivity contribution in [3.63, 3.8) is 0 Å². The van der Waals surface area contributed by atoms with Crippen molar-refractivity contribution in [2.75, 3.05) is 7.05 Å². The van der Waals surface area contributed by atoms with Gasteiger partial charge < -0.3 is 14.5 Å². The summed E-state index contributed by atoms with van der Waals surface area (Å²) in [4.78, 5) is 0. The van der Waals surface area contributed by atoms with Gasteiger partial charge in [0.2, 0.25) is 0 Å². The van der Waals surface area contributed by atoms with Gasteiger partial charge in [-0.2, -0.15) is 0 Å². The van der Waals surface area contributed by atoms with Gasteiger partial charge in [-0.05, 0) is 31.5 Å². The second kappa shape index (κ2) is 6.02. The van der Waals surface area contributed by atoms with Gasteiger partial charge in [0.25, 0.3) is 0 Å². The normalized spacial score (nSPS) is 11.0. The Morgan fingerprint density at radius 2 is 1.90 bits per heavy atom. The molecule has 0 atom stereocenters. The molecular formula is C18H19NO2. The van der Waals surface area contributed by atoms with E-state index in [1.165, 1.54) is 5.39 Å². The second-order valence-corrected chi connectivity index (χ2v) is 5.09. The van der Waals surface area contributed by atoms with Crippen molar-refractivity contribution in [2.45, 2.75) is 20.1 Å². The Labute approximate surface area is 124 Å². The van der Waals surface area contributed by atoms with Crippen molar-refractivity contribution in [3.8, 4) is 5.75 Å². The molecule has 3 nitrogen and oxygen atoms in total. The smallest absolute Gasteiger partial charge is 0.127 e. The van der Waals surface area contributed by atoms with Crippen molar-refractivity contribution < 1.29 is 9.15 Å². The molecule has 21 heavy (non-hydrogen) atoms. The van der Waals surface area contributed by atoms with Crippen LogP contribution >= 0.6 is 0 Å². The van der Waals surface area contributed by atoms with Crippen LogP contribution in [0, 0.1) is 6.92 Å². The van der Waals surface area contributed by atoms with Gasteiger partial charge in [0.1, 0.15) is 23.9 Å². The number of nitrogens with one attached hydrogen (secondary N) is 1. The lowest BCUT2D eigenvalue weighted by Crippen LogP contribution is -2.03. The number of rotatable bonds is 5. The van der Waals surface area contributed by atoms with Crippen LogP contribution in [-0.4, -0.2) is 7.05 Å². The molecule has 0 spiro atoms. The highest BCUT2D eigenvalue weighted by atomic mass is 16.5. The molecule has 0 aliphatic carbocycles. The molecule has 3 rings (SSSR count). The average molecular weight is 281 g/mol. The first-order chi connectivity index (χ1) is 10.3. The lowest BCUT2D eigenvalue weighted by Gasteiger charge is -2.08. The molecule has 0 unspecified atom stereocenters. The van der Waals surface area contributed by atoms with Crippen LogP contribution in [0.2, 0.25) is 0 Å². The number of ether oxygens (including phenoxy) is 1.